The molecule has 2 aliphatic heterocycles. The monoisotopic (exact) mass is 445 g/mol. The lowest BCUT2D eigenvalue weighted by atomic mass is 9.97. The van der Waals surface area contributed by atoms with Crippen LogP contribution in [0.4, 0.5) is 0 Å². The van der Waals surface area contributed by atoms with Crippen LogP contribution in [-0.2, 0) is 19.2 Å². The van der Waals surface area contributed by atoms with E-state index >= 15 is 0 Å². The van der Waals surface area contributed by atoms with Crippen LogP contribution in [0.1, 0.15) is 78.1 Å². The van der Waals surface area contributed by atoms with Gasteiger partial charge in [0.25, 0.3) is 5.91 Å². The standard InChI is InChI=1S/C25H39N3O4/c1-4-15-26-24(32)22(30)18-13-11-9-7-5-6-8-10-12-14-19(29)28-16-17-20(25(17,2)3)21(28)23(31)27-18/h4,17-18,20-21H,1,5-16H2,2-3H3,(H,26,32)(H,27,31)/t17-,18-,20-,21-/m0/s1. The van der Waals surface area contributed by atoms with E-state index in [0.29, 0.717) is 25.3 Å². The van der Waals surface area contributed by atoms with Gasteiger partial charge in [-0.25, -0.2) is 0 Å². The Hall–Kier alpha value is -2.18. The van der Waals surface area contributed by atoms with E-state index in [1.54, 1.807) is 4.90 Å². The summed E-state index contributed by atoms with van der Waals surface area (Å²) in [7, 11) is 0. The Morgan fingerprint density at radius 1 is 1.09 bits per heavy atom. The average Bonchev–Trinajstić information content (AvgIpc) is 3.11. The Balaban J connectivity index is 1.77. The molecule has 0 spiro atoms. The van der Waals surface area contributed by atoms with Crippen molar-refractivity contribution in [3.8, 4) is 0 Å². The van der Waals surface area contributed by atoms with Crippen LogP contribution >= 0.6 is 0 Å². The minimum absolute atomic E-state index is 0.0143. The third-order valence-corrected chi connectivity index (χ3v) is 7.69. The van der Waals surface area contributed by atoms with Crippen molar-refractivity contribution in [1.29, 1.82) is 0 Å². The van der Waals surface area contributed by atoms with Gasteiger partial charge < -0.3 is 15.5 Å². The van der Waals surface area contributed by atoms with Crippen LogP contribution in [0.5, 0.6) is 0 Å². The SMILES string of the molecule is C=CCNC(=O)C(=O)[C@@H]1CCCCCCCCCCC(=O)N2C[C@H]3[C@@H]([C@H]2C(=O)N1)C3(C)C. The van der Waals surface area contributed by atoms with Gasteiger partial charge in [-0.2, -0.15) is 0 Å². The van der Waals surface area contributed by atoms with Crippen LogP contribution in [0.3, 0.4) is 0 Å². The maximum absolute atomic E-state index is 13.4. The molecule has 0 radical (unpaired) electrons. The first-order valence-electron chi connectivity index (χ1n) is 12.3. The number of piperidine rings is 1. The summed E-state index contributed by atoms with van der Waals surface area (Å²) in [5.41, 5.74) is 0.0143. The number of Topliss-reactive ketones (excluding diaryl/α,β-unsaturated/α-hetero) is 1. The molecule has 0 unspecified atom stereocenters. The van der Waals surface area contributed by atoms with E-state index in [4.69, 9.17) is 0 Å². The molecular formula is C25H39N3O4. The fraction of sp³-hybridized carbons (Fsp3) is 0.760. The Bertz CT molecular complexity index is 747. The van der Waals surface area contributed by atoms with Gasteiger partial charge in [-0.3, -0.25) is 19.2 Å². The van der Waals surface area contributed by atoms with Gasteiger partial charge in [0.1, 0.15) is 6.04 Å². The summed E-state index contributed by atoms with van der Waals surface area (Å²) in [6, 6.07) is -1.42. The van der Waals surface area contributed by atoms with E-state index < -0.39 is 23.8 Å². The van der Waals surface area contributed by atoms with Crippen molar-refractivity contribution in [3.63, 3.8) is 0 Å². The second kappa shape index (κ2) is 10.6. The van der Waals surface area contributed by atoms with Gasteiger partial charge in [0.15, 0.2) is 0 Å². The van der Waals surface area contributed by atoms with Crippen molar-refractivity contribution in [2.75, 3.05) is 13.1 Å². The number of carbonyl (C=O) groups excluding carboxylic acids is 4. The second-order valence-corrected chi connectivity index (χ2v) is 10.2. The van der Waals surface area contributed by atoms with Crippen molar-refractivity contribution >= 4 is 23.5 Å². The summed E-state index contributed by atoms with van der Waals surface area (Å²) in [6.45, 7) is 8.64. The first-order valence-corrected chi connectivity index (χ1v) is 12.3. The van der Waals surface area contributed by atoms with Crippen molar-refractivity contribution in [1.82, 2.24) is 15.5 Å². The van der Waals surface area contributed by atoms with Gasteiger partial charge >= 0.3 is 0 Å². The van der Waals surface area contributed by atoms with E-state index in [0.717, 1.165) is 51.4 Å². The highest BCUT2D eigenvalue weighted by Gasteiger charge is 2.69. The van der Waals surface area contributed by atoms with Gasteiger partial charge in [-0.15, -0.1) is 6.58 Å². The first-order chi connectivity index (χ1) is 15.3. The molecule has 178 valence electrons. The lowest BCUT2D eigenvalue weighted by Gasteiger charge is -2.31. The number of hydrogen-bond acceptors (Lipinski definition) is 4. The molecule has 7 heteroatoms. The average molecular weight is 446 g/mol. The highest BCUT2D eigenvalue weighted by atomic mass is 16.2. The number of rotatable bonds is 4. The molecule has 3 amide bonds. The molecule has 2 N–H and O–H groups in total. The van der Waals surface area contributed by atoms with E-state index in [-0.39, 0.29) is 29.7 Å². The molecule has 3 aliphatic rings. The van der Waals surface area contributed by atoms with Crippen LogP contribution in [0, 0.1) is 17.3 Å². The maximum Gasteiger partial charge on any atom is 0.289 e. The Morgan fingerprint density at radius 3 is 2.38 bits per heavy atom. The summed E-state index contributed by atoms with van der Waals surface area (Å²) in [6.07, 6.45) is 10.5. The first kappa shape index (κ1) is 24.5. The summed E-state index contributed by atoms with van der Waals surface area (Å²) in [5, 5.41) is 5.40. The topological polar surface area (TPSA) is 95.6 Å². The minimum Gasteiger partial charge on any atom is -0.346 e. The third kappa shape index (κ3) is 5.41. The van der Waals surface area contributed by atoms with Gasteiger partial charge in [0.2, 0.25) is 17.6 Å². The zero-order valence-corrected chi connectivity index (χ0v) is 19.7. The molecule has 4 atom stereocenters. The number of nitrogens with zero attached hydrogens (tertiary/aromatic N) is 1. The van der Waals surface area contributed by atoms with Crippen LogP contribution in [0.15, 0.2) is 12.7 Å². The van der Waals surface area contributed by atoms with Crippen LogP contribution < -0.4 is 10.6 Å². The van der Waals surface area contributed by atoms with E-state index in [1.165, 1.54) is 6.08 Å². The molecule has 2 saturated heterocycles. The lowest BCUT2D eigenvalue weighted by Crippen LogP contribution is -2.55. The van der Waals surface area contributed by atoms with Gasteiger partial charge in [0, 0.05) is 19.5 Å². The second-order valence-electron chi connectivity index (χ2n) is 10.2. The molecule has 0 aromatic rings. The molecule has 3 rings (SSSR count). The molecular weight excluding hydrogens is 406 g/mol. The van der Waals surface area contributed by atoms with Gasteiger partial charge in [-0.1, -0.05) is 64.9 Å². The van der Waals surface area contributed by atoms with E-state index in [9.17, 15) is 19.2 Å². The highest BCUT2D eigenvalue weighted by Crippen LogP contribution is 2.64. The quantitative estimate of drug-likeness (QED) is 0.514. The third-order valence-electron chi connectivity index (χ3n) is 7.69. The molecule has 32 heavy (non-hydrogen) atoms. The number of hydrogen-bond donors (Lipinski definition) is 2. The van der Waals surface area contributed by atoms with E-state index in [1.807, 2.05) is 0 Å². The highest BCUT2D eigenvalue weighted by molar-refractivity contribution is 6.38. The number of nitrogens with one attached hydrogen (secondary N) is 2. The molecule has 7 nitrogen and oxygen atoms in total. The summed E-state index contributed by atoms with van der Waals surface area (Å²) in [4.78, 5) is 53.2. The molecule has 0 aromatic heterocycles. The molecule has 0 aromatic carbocycles. The number of carbonyl (C=O) groups is 4. The summed E-state index contributed by atoms with van der Waals surface area (Å²) in [5.74, 6) is -1.16. The van der Waals surface area contributed by atoms with Crippen LogP contribution in [0.25, 0.3) is 0 Å². The van der Waals surface area contributed by atoms with Crippen LogP contribution in [-0.4, -0.2) is 53.6 Å². The lowest BCUT2D eigenvalue weighted by molar-refractivity contribution is -0.143. The van der Waals surface area contributed by atoms with Gasteiger partial charge in [0.05, 0.1) is 6.04 Å². The predicted octanol–water partition coefficient (Wildman–Crippen LogP) is 2.74. The largest absolute Gasteiger partial charge is 0.346 e. The summed E-state index contributed by atoms with van der Waals surface area (Å²) < 4.78 is 0. The van der Waals surface area contributed by atoms with Crippen LogP contribution in [0.2, 0.25) is 0 Å². The van der Waals surface area contributed by atoms with Crippen molar-refractivity contribution < 1.29 is 19.2 Å². The summed E-state index contributed by atoms with van der Waals surface area (Å²) >= 11 is 0. The number of fused-ring (bicyclic) bond motifs is 3. The maximum atomic E-state index is 13.4. The van der Waals surface area contributed by atoms with Crippen molar-refractivity contribution in [3.05, 3.63) is 12.7 Å². The predicted molar refractivity (Wildman–Crippen MR) is 123 cm³/mol. The van der Waals surface area contributed by atoms with E-state index in [2.05, 4.69) is 31.1 Å². The zero-order valence-electron chi connectivity index (χ0n) is 19.7. The van der Waals surface area contributed by atoms with Crippen molar-refractivity contribution in [2.24, 2.45) is 17.3 Å². The molecule has 1 aliphatic carbocycles. The molecule has 3 fully saturated rings. The number of ketones is 1. The molecule has 1 saturated carbocycles. The van der Waals surface area contributed by atoms with Crippen molar-refractivity contribution in [2.45, 2.75) is 90.1 Å². The Kier molecular flexibility index (Phi) is 8.12. The normalized spacial score (nSPS) is 31.1. The van der Waals surface area contributed by atoms with Gasteiger partial charge in [-0.05, 0) is 30.1 Å². The zero-order chi connectivity index (χ0) is 23.3. The Morgan fingerprint density at radius 2 is 1.72 bits per heavy atom. The Labute approximate surface area is 191 Å². The molecule has 0 bridgehead atoms. The fourth-order valence-electron chi connectivity index (χ4n) is 5.61. The minimum atomic E-state index is -0.863. The number of amides is 3. The smallest absolute Gasteiger partial charge is 0.289 e. The fourth-order valence-corrected chi connectivity index (χ4v) is 5.61. The molecule has 2 heterocycles.